The van der Waals surface area contributed by atoms with Crippen LogP contribution < -0.4 is 10.8 Å². The van der Waals surface area contributed by atoms with Crippen molar-refractivity contribution in [3.63, 3.8) is 0 Å². The molecule has 28 heavy (non-hydrogen) atoms. The van der Waals surface area contributed by atoms with Crippen molar-refractivity contribution in [3.8, 4) is 11.1 Å². The highest BCUT2D eigenvalue weighted by Gasteiger charge is 2.33. The van der Waals surface area contributed by atoms with Crippen LogP contribution in [0.2, 0.25) is 0 Å². The third-order valence-corrected chi connectivity index (χ3v) is 5.15. The highest BCUT2D eigenvalue weighted by Crippen LogP contribution is 2.26. The van der Waals surface area contributed by atoms with E-state index >= 15 is 0 Å². The molecule has 0 aliphatic heterocycles. The summed E-state index contributed by atoms with van der Waals surface area (Å²) in [5.74, 6) is -2.23. The summed E-state index contributed by atoms with van der Waals surface area (Å²) in [5, 5.41) is 11.2. The molecule has 0 bridgehead atoms. The number of hydrogen-bond donors (Lipinski definition) is 3. The zero-order chi connectivity index (χ0) is 20.3. The molecule has 1 heterocycles. The fourth-order valence-corrected chi connectivity index (χ4v) is 3.55. The van der Waals surface area contributed by atoms with E-state index in [0.717, 1.165) is 26.2 Å². The molecule has 0 saturated heterocycles. The highest BCUT2D eigenvalue weighted by atomic mass is 32.1. The Morgan fingerprint density at radius 3 is 2.39 bits per heavy atom. The Morgan fingerprint density at radius 2 is 1.75 bits per heavy atom. The van der Waals surface area contributed by atoms with Gasteiger partial charge < -0.3 is 10.2 Å². The predicted molar refractivity (Wildman–Crippen MR) is 105 cm³/mol. The van der Waals surface area contributed by atoms with E-state index in [1.165, 1.54) is 19.6 Å². The molecule has 8 nitrogen and oxygen atoms in total. The van der Waals surface area contributed by atoms with Crippen LogP contribution in [0.5, 0.6) is 0 Å². The van der Waals surface area contributed by atoms with Crippen LogP contribution in [-0.2, 0) is 9.59 Å². The lowest BCUT2D eigenvalue weighted by Gasteiger charge is -2.25. The lowest BCUT2D eigenvalue weighted by Crippen LogP contribution is -2.54. The van der Waals surface area contributed by atoms with Crippen molar-refractivity contribution >= 4 is 39.3 Å². The summed E-state index contributed by atoms with van der Waals surface area (Å²) in [6.45, 7) is 0. The van der Waals surface area contributed by atoms with Crippen LogP contribution >= 0.6 is 11.3 Å². The van der Waals surface area contributed by atoms with Gasteiger partial charge in [-0.3, -0.25) is 19.6 Å². The number of aromatic nitrogens is 1. The minimum absolute atomic E-state index is 0.310. The lowest BCUT2D eigenvalue weighted by atomic mass is 10.0. The Morgan fingerprint density at radius 1 is 1.07 bits per heavy atom. The standard InChI is InChI=1S/C19H18N4O4S/c1-20-17(24)16(18(25)22-27)23(2)19(26)12-5-3-11(4-6-12)13-7-8-14-15(9-13)28-10-21-14/h3-10,16,27H,1-2H3,(H,20,24)(H,22,25). The first-order chi connectivity index (χ1) is 13.5. The summed E-state index contributed by atoms with van der Waals surface area (Å²) in [7, 11) is 2.66. The lowest BCUT2D eigenvalue weighted by molar-refractivity contribution is -0.140. The van der Waals surface area contributed by atoms with E-state index in [1.807, 2.05) is 18.2 Å². The van der Waals surface area contributed by atoms with Gasteiger partial charge in [-0.05, 0) is 35.4 Å². The zero-order valence-electron chi connectivity index (χ0n) is 15.2. The number of benzene rings is 2. The van der Waals surface area contributed by atoms with Gasteiger partial charge in [0.25, 0.3) is 17.7 Å². The number of rotatable bonds is 5. The average Bonchev–Trinajstić information content (AvgIpc) is 3.20. The molecule has 1 unspecified atom stereocenters. The monoisotopic (exact) mass is 398 g/mol. The number of hydrogen-bond acceptors (Lipinski definition) is 6. The molecule has 0 radical (unpaired) electrons. The van der Waals surface area contributed by atoms with Gasteiger partial charge in [-0.2, -0.15) is 0 Å². The third-order valence-electron chi connectivity index (χ3n) is 4.36. The Balaban J connectivity index is 1.84. The SMILES string of the molecule is CNC(=O)C(C(=O)NO)N(C)C(=O)c1ccc(-c2ccc3ncsc3c2)cc1. The summed E-state index contributed by atoms with van der Waals surface area (Å²) in [6.07, 6.45) is 0. The molecule has 0 fully saturated rings. The van der Waals surface area contributed by atoms with Crippen molar-refractivity contribution in [2.75, 3.05) is 14.1 Å². The van der Waals surface area contributed by atoms with Crippen molar-refractivity contribution in [2.24, 2.45) is 0 Å². The molecule has 1 aromatic heterocycles. The van der Waals surface area contributed by atoms with Crippen LogP contribution in [0.1, 0.15) is 10.4 Å². The second-order valence-electron chi connectivity index (χ2n) is 6.02. The molecular formula is C19H18N4O4S. The van der Waals surface area contributed by atoms with Gasteiger partial charge in [-0.25, -0.2) is 10.5 Å². The van der Waals surface area contributed by atoms with Crippen LogP contribution in [0.3, 0.4) is 0 Å². The van der Waals surface area contributed by atoms with Gasteiger partial charge in [0, 0.05) is 19.7 Å². The first kappa shape index (κ1) is 19.5. The Bertz CT molecular complexity index is 1020. The van der Waals surface area contributed by atoms with Crippen LogP contribution in [0, 0.1) is 0 Å². The Hall–Kier alpha value is -3.30. The van der Waals surface area contributed by atoms with Gasteiger partial charge in [0.05, 0.1) is 15.7 Å². The molecule has 144 valence electrons. The fraction of sp³-hybridized carbons (Fsp3) is 0.158. The first-order valence-corrected chi connectivity index (χ1v) is 9.20. The summed E-state index contributed by atoms with van der Waals surface area (Å²) >= 11 is 1.55. The van der Waals surface area contributed by atoms with Gasteiger partial charge in [-0.15, -0.1) is 11.3 Å². The van der Waals surface area contributed by atoms with E-state index in [9.17, 15) is 14.4 Å². The van der Waals surface area contributed by atoms with E-state index in [2.05, 4.69) is 10.3 Å². The van der Waals surface area contributed by atoms with Crippen molar-refractivity contribution in [1.29, 1.82) is 0 Å². The molecule has 3 aromatic rings. The number of hydroxylamine groups is 1. The van der Waals surface area contributed by atoms with Gasteiger partial charge in [0.2, 0.25) is 0 Å². The topological polar surface area (TPSA) is 112 Å². The molecule has 2 aromatic carbocycles. The predicted octanol–water partition coefficient (Wildman–Crippen LogP) is 1.66. The fourth-order valence-electron chi connectivity index (χ4n) is 2.83. The Kier molecular flexibility index (Phi) is 5.67. The second kappa shape index (κ2) is 8.15. The minimum atomic E-state index is -1.49. The Labute approximate surface area is 164 Å². The van der Waals surface area contributed by atoms with E-state index in [4.69, 9.17) is 5.21 Å². The second-order valence-corrected chi connectivity index (χ2v) is 6.91. The summed E-state index contributed by atoms with van der Waals surface area (Å²) in [6, 6.07) is 11.3. The molecule has 3 rings (SSSR count). The smallest absolute Gasteiger partial charge is 0.275 e. The molecule has 3 N–H and O–H groups in total. The first-order valence-electron chi connectivity index (χ1n) is 8.32. The maximum Gasteiger partial charge on any atom is 0.275 e. The van der Waals surface area contributed by atoms with Crippen LogP contribution in [0.15, 0.2) is 48.0 Å². The van der Waals surface area contributed by atoms with Crippen LogP contribution in [-0.4, -0.2) is 52.9 Å². The maximum atomic E-state index is 12.7. The summed E-state index contributed by atoms with van der Waals surface area (Å²) < 4.78 is 1.07. The van der Waals surface area contributed by atoms with Crippen LogP contribution in [0.25, 0.3) is 21.3 Å². The molecule has 0 saturated carbocycles. The van der Waals surface area contributed by atoms with E-state index < -0.39 is 23.8 Å². The number of thiazole rings is 1. The number of amides is 3. The molecule has 0 aliphatic rings. The minimum Gasteiger partial charge on any atom is -0.357 e. The van der Waals surface area contributed by atoms with E-state index in [-0.39, 0.29) is 0 Å². The largest absolute Gasteiger partial charge is 0.357 e. The summed E-state index contributed by atoms with van der Waals surface area (Å²) in [5.41, 5.74) is 6.36. The van der Waals surface area contributed by atoms with Gasteiger partial charge in [0.15, 0.2) is 6.04 Å². The molecule has 3 amide bonds. The molecular weight excluding hydrogens is 380 g/mol. The molecule has 9 heteroatoms. The maximum absolute atomic E-state index is 12.7. The summed E-state index contributed by atoms with van der Waals surface area (Å²) in [4.78, 5) is 41.6. The van der Waals surface area contributed by atoms with Gasteiger partial charge in [-0.1, -0.05) is 18.2 Å². The number of likely N-dealkylation sites (N-methyl/N-ethyl adjacent to an activating group) is 2. The van der Waals surface area contributed by atoms with Crippen molar-refractivity contribution < 1.29 is 19.6 Å². The van der Waals surface area contributed by atoms with Gasteiger partial charge >= 0.3 is 0 Å². The van der Waals surface area contributed by atoms with Gasteiger partial charge in [0.1, 0.15) is 0 Å². The zero-order valence-corrected chi connectivity index (χ0v) is 16.0. The molecule has 0 aliphatic carbocycles. The van der Waals surface area contributed by atoms with Crippen molar-refractivity contribution in [2.45, 2.75) is 6.04 Å². The van der Waals surface area contributed by atoms with E-state index in [0.29, 0.717) is 5.56 Å². The van der Waals surface area contributed by atoms with Crippen molar-refractivity contribution in [3.05, 3.63) is 53.5 Å². The normalized spacial score (nSPS) is 11.7. The van der Waals surface area contributed by atoms with E-state index in [1.54, 1.807) is 41.1 Å². The van der Waals surface area contributed by atoms with Crippen molar-refractivity contribution in [1.82, 2.24) is 20.7 Å². The number of carbonyl (C=O) groups excluding carboxylic acids is 3. The third kappa shape index (κ3) is 3.71. The highest BCUT2D eigenvalue weighted by molar-refractivity contribution is 7.16. The molecule has 0 spiro atoms. The average molecular weight is 398 g/mol. The quantitative estimate of drug-likeness (QED) is 0.344. The number of nitrogens with one attached hydrogen (secondary N) is 2. The number of fused-ring (bicyclic) bond motifs is 1. The van der Waals surface area contributed by atoms with Crippen LogP contribution in [0.4, 0.5) is 0 Å². The number of nitrogens with zero attached hydrogens (tertiary/aromatic N) is 2. The number of carbonyl (C=O) groups is 3. The molecule has 1 atom stereocenters.